The molecule has 3 unspecified atom stereocenters. The van der Waals surface area contributed by atoms with Crippen molar-refractivity contribution in [1.82, 2.24) is 4.98 Å². The highest BCUT2D eigenvalue weighted by Gasteiger charge is 2.58. The zero-order chi connectivity index (χ0) is 16.3. The fourth-order valence-corrected chi connectivity index (χ4v) is 3.71. The summed E-state index contributed by atoms with van der Waals surface area (Å²) in [5, 5.41) is 12.1. The number of aliphatic hydroxyl groups is 1. The lowest BCUT2D eigenvalue weighted by Crippen LogP contribution is -2.20. The van der Waals surface area contributed by atoms with E-state index in [9.17, 15) is 9.90 Å². The van der Waals surface area contributed by atoms with Gasteiger partial charge in [0.15, 0.2) is 0 Å². The van der Waals surface area contributed by atoms with Crippen LogP contribution in [0.1, 0.15) is 23.5 Å². The summed E-state index contributed by atoms with van der Waals surface area (Å²) < 4.78 is 11.9. The van der Waals surface area contributed by atoms with E-state index in [0.717, 1.165) is 22.6 Å². The van der Waals surface area contributed by atoms with Gasteiger partial charge in [-0.3, -0.25) is 4.79 Å². The Morgan fingerprint density at radius 1 is 1.33 bits per heavy atom. The first-order chi connectivity index (χ1) is 11.7. The second-order valence-electron chi connectivity index (χ2n) is 6.44. The van der Waals surface area contributed by atoms with Crippen LogP contribution in [0.25, 0.3) is 0 Å². The first-order valence-electron chi connectivity index (χ1n) is 8.11. The molecule has 1 aromatic carbocycles. The molecule has 1 aliphatic carbocycles. The number of amides is 1. The normalized spacial score (nSPS) is 25.9. The molecule has 0 spiro atoms. The Morgan fingerprint density at radius 2 is 2.25 bits per heavy atom. The average molecular weight is 324 g/mol. The highest BCUT2D eigenvalue weighted by atomic mass is 16.5. The van der Waals surface area contributed by atoms with E-state index in [2.05, 4.69) is 10.3 Å². The molecule has 1 fully saturated rings. The van der Waals surface area contributed by atoms with Crippen LogP contribution in [0.15, 0.2) is 30.5 Å². The quantitative estimate of drug-likeness (QED) is 0.905. The number of fused-ring (bicyclic) bond motifs is 4. The van der Waals surface area contributed by atoms with Crippen molar-refractivity contribution in [3.05, 3.63) is 41.6 Å². The summed E-state index contributed by atoms with van der Waals surface area (Å²) in [4.78, 5) is 15.7. The van der Waals surface area contributed by atoms with Gasteiger partial charge < -0.3 is 19.9 Å². The number of aliphatic hydroxyl groups excluding tert-OH is 1. The molecule has 2 aromatic rings. The lowest BCUT2D eigenvalue weighted by atomic mass is 10.1. The van der Waals surface area contributed by atoms with Gasteiger partial charge >= 0.3 is 0 Å². The lowest BCUT2D eigenvalue weighted by Gasteiger charge is -2.19. The second-order valence-corrected chi connectivity index (χ2v) is 6.44. The number of pyridine rings is 1. The van der Waals surface area contributed by atoms with E-state index in [0.29, 0.717) is 24.4 Å². The summed E-state index contributed by atoms with van der Waals surface area (Å²) in [7, 11) is 0. The summed E-state index contributed by atoms with van der Waals surface area (Å²) in [6.45, 7) is 0.150. The Bertz CT molecular complexity index is 851. The molecule has 24 heavy (non-hydrogen) atoms. The molecule has 3 aliphatic rings. The van der Waals surface area contributed by atoms with E-state index in [4.69, 9.17) is 9.47 Å². The van der Waals surface area contributed by atoms with Crippen LogP contribution in [-0.4, -0.2) is 28.7 Å². The van der Waals surface area contributed by atoms with Gasteiger partial charge in [0.2, 0.25) is 5.91 Å². The van der Waals surface area contributed by atoms with E-state index in [1.165, 1.54) is 0 Å². The Kier molecular flexibility index (Phi) is 2.84. The lowest BCUT2D eigenvalue weighted by molar-refractivity contribution is -0.116. The van der Waals surface area contributed by atoms with Gasteiger partial charge in [-0.2, -0.15) is 0 Å². The molecule has 0 radical (unpaired) electrons. The van der Waals surface area contributed by atoms with Crippen LogP contribution in [-0.2, 0) is 11.2 Å². The Labute approximate surface area is 138 Å². The van der Waals surface area contributed by atoms with Crippen LogP contribution in [0.5, 0.6) is 17.2 Å². The van der Waals surface area contributed by atoms with Crippen LogP contribution in [0.4, 0.5) is 5.82 Å². The molecule has 3 heterocycles. The predicted octanol–water partition coefficient (Wildman–Crippen LogP) is 2.23. The van der Waals surface area contributed by atoms with Crippen molar-refractivity contribution >= 4 is 11.7 Å². The van der Waals surface area contributed by atoms with Crippen molar-refractivity contribution in [3.8, 4) is 17.2 Å². The van der Waals surface area contributed by atoms with Gasteiger partial charge in [0.1, 0.15) is 29.2 Å². The molecule has 1 amide bonds. The number of aromatic nitrogens is 1. The van der Waals surface area contributed by atoms with Crippen molar-refractivity contribution in [2.75, 3.05) is 11.9 Å². The summed E-state index contributed by atoms with van der Waals surface area (Å²) in [6, 6.07) is 7.60. The first kappa shape index (κ1) is 13.8. The minimum absolute atomic E-state index is 0.0170. The van der Waals surface area contributed by atoms with Gasteiger partial charge in [-0.05, 0) is 30.7 Å². The maximum absolute atomic E-state index is 11.5. The minimum atomic E-state index is -0.0170. The molecular formula is C18H16N2O4. The Morgan fingerprint density at radius 3 is 3.12 bits per heavy atom. The highest BCUT2D eigenvalue weighted by Crippen LogP contribution is 2.58. The third-order valence-corrected chi connectivity index (χ3v) is 5.01. The van der Waals surface area contributed by atoms with Gasteiger partial charge in [-0.1, -0.05) is 0 Å². The van der Waals surface area contributed by atoms with E-state index < -0.39 is 0 Å². The smallest absolute Gasteiger partial charge is 0.225 e. The SMILES string of the molecule is O=C1CCc2c(Oc3ccc4c(c3)C3C(CO)C3O4)ccnc2N1. The van der Waals surface area contributed by atoms with Crippen LogP contribution >= 0.6 is 0 Å². The van der Waals surface area contributed by atoms with Crippen LogP contribution in [0.2, 0.25) is 0 Å². The number of carbonyl (C=O) groups is 1. The molecule has 6 nitrogen and oxygen atoms in total. The number of ether oxygens (including phenoxy) is 2. The third-order valence-electron chi connectivity index (χ3n) is 5.01. The monoisotopic (exact) mass is 324 g/mol. The number of nitrogens with zero attached hydrogens (tertiary/aromatic N) is 1. The van der Waals surface area contributed by atoms with Crippen molar-refractivity contribution in [3.63, 3.8) is 0 Å². The zero-order valence-corrected chi connectivity index (χ0v) is 12.9. The van der Waals surface area contributed by atoms with Crippen molar-refractivity contribution in [2.24, 2.45) is 5.92 Å². The summed E-state index contributed by atoms with van der Waals surface area (Å²) in [5.74, 6) is 3.37. The molecule has 0 bridgehead atoms. The minimum Gasteiger partial charge on any atom is -0.489 e. The molecule has 5 rings (SSSR count). The first-order valence-corrected chi connectivity index (χ1v) is 8.11. The average Bonchev–Trinajstić information content (AvgIpc) is 3.16. The number of carbonyl (C=O) groups excluding carboxylic acids is 1. The van der Waals surface area contributed by atoms with Crippen LogP contribution in [0, 0.1) is 5.92 Å². The van der Waals surface area contributed by atoms with E-state index in [-0.39, 0.29) is 30.5 Å². The predicted molar refractivity (Wildman–Crippen MR) is 85.4 cm³/mol. The number of anilines is 1. The number of hydrogen-bond donors (Lipinski definition) is 2. The van der Waals surface area contributed by atoms with Crippen molar-refractivity contribution in [1.29, 1.82) is 0 Å². The number of hydrogen-bond acceptors (Lipinski definition) is 5. The van der Waals surface area contributed by atoms with Gasteiger partial charge in [0.05, 0.1) is 6.61 Å². The second kappa shape index (κ2) is 4.95. The molecule has 122 valence electrons. The molecule has 1 saturated carbocycles. The molecule has 0 saturated heterocycles. The molecule has 6 heteroatoms. The Hall–Kier alpha value is -2.60. The third kappa shape index (κ3) is 1.99. The van der Waals surface area contributed by atoms with Crippen LogP contribution < -0.4 is 14.8 Å². The number of benzene rings is 1. The van der Waals surface area contributed by atoms with Gasteiger partial charge in [0.25, 0.3) is 0 Å². The van der Waals surface area contributed by atoms with Crippen molar-refractivity contribution < 1.29 is 19.4 Å². The van der Waals surface area contributed by atoms with E-state index in [1.54, 1.807) is 6.20 Å². The summed E-state index contributed by atoms with van der Waals surface area (Å²) >= 11 is 0. The van der Waals surface area contributed by atoms with Crippen LogP contribution in [0.3, 0.4) is 0 Å². The Balaban J connectivity index is 1.45. The number of rotatable bonds is 3. The fraction of sp³-hybridized carbons (Fsp3) is 0.333. The molecule has 2 aliphatic heterocycles. The summed E-state index contributed by atoms with van der Waals surface area (Å²) in [5.41, 5.74) is 2.03. The highest BCUT2D eigenvalue weighted by molar-refractivity contribution is 5.93. The van der Waals surface area contributed by atoms with E-state index >= 15 is 0 Å². The number of nitrogens with one attached hydrogen (secondary N) is 1. The van der Waals surface area contributed by atoms with E-state index in [1.807, 2.05) is 24.3 Å². The molecule has 1 aromatic heterocycles. The topological polar surface area (TPSA) is 80.7 Å². The zero-order valence-electron chi connectivity index (χ0n) is 12.9. The van der Waals surface area contributed by atoms with Gasteiger partial charge in [-0.25, -0.2) is 4.98 Å². The largest absolute Gasteiger partial charge is 0.489 e. The van der Waals surface area contributed by atoms with Gasteiger partial charge in [-0.15, -0.1) is 0 Å². The van der Waals surface area contributed by atoms with Crippen molar-refractivity contribution in [2.45, 2.75) is 24.9 Å². The fourth-order valence-electron chi connectivity index (χ4n) is 3.71. The van der Waals surface area contributed by atoms with Gasteiger partial charge in [0, 0.05) is 35.6 Å². The maximum Gasteiger partial charge on any atom is 0.225 e. The maximum atomic E-state index is 11.5. The molecular weight excluding hydrogens is 308 g/mol. The summed E-state index contributed by atoms with van der Waals surface area (Å²) in [6.07, 6.45) is 2.81. The molecule has 2 N–H and O–H groups in total. The standard InChI is InChI=1S/C18H16N2O4/c21-8-12-16-11-7-9(1-3-13(11)24-17(12)16)23-14-5-6-19-18-10(14)2-4-15(22)20-18/h1,3,5-7,12,16-17,21H,2,4,8H2,(H,19,20,22). The molecule has 3 atom stereocenters.